The first kappa shape index (κ1) is 22.1. The molecule has 0 aliphatic carbocycles. The van der Waals surface area contributed by atoms with Crippen molar-refractivity contribution in [3.63, 3.8) is 0 Å². The van der Waals surface area contributed by atoms with Crippen LogP contribution >= 0.6 is 0 Å². The van der Waals surface area contributed by atoms with Crippen LogP contribution in [0.2, 0.25) is 0 Å². The van der Waals surface area contributed by atoms with E-state index in [-0.39, 0.29) is 12.6 Å². The molecule has 0 bridgehead atoms. The van der Waals surface area contributed by atoms with E-state index in [1.807, 2.05) is 39.1 Å². The van der Waals surface area contributed by atoms with E-state index in [0.29, 0.717) is 23.2 Å². The Morgan fingerprint density at radius 1 is 1.24 bits per heavy atom. The highest BCUT2D eigenvalue weighted by molar-refractivity contribution is 5.94. The second-order valence-electron chi connectivity index (χ2n) is 9.16. The van der Waals surface area contributed by atoms with Crippen LogP contribution in [0.3, 0.4) is 0 Å². The van der Waals surface area contributed by atoms with E-state index in [4.69, 9.17) is 9.15 Å². The van der Waals surface area contributed by atoms with Crippen LogP contribution < -0.4 is 11.1 Å². The lowest BCUT2D eigenvalue weighted by atomic mass is 9.93. The van der Waals surface area contributed by atoms with Gasteiger partial charge in [0.1, 0.15) is 6.61 Å². The fraction of sp³-hybridized carbons (Fsp3) is 0.320. The molecule has 0 fully saturated rings. The SMILES string of the molecule is Cc1c([C@@H](O)CNC(C)(C)c2cnn(-c3ccc4oc(=O)n(C)c4c3)c2)ccc2c1COC2=O. The summed E-state index contributed by atoms with van der Waals surface area (Å²) in [6.45, 7) is 6.51. The molecule has 0 saturated heterocycles. The van der Waals surface area contributed by atoms with Gasteiger partial charge in [0.2, 0.25) is 0 Å². The third kappa shape index (κ3) is 3.63. The van der Waals surface area contributed by atoms with Crippen LogP contribution in [0.1, 0.15) is 52.6 Å². The number of aromatic nitrogens is 3. The van der Waals surface area contributed by atoms with E-state index in [1.54, 1.807) is 36.1 Å². The number of fused-ring (bicyclic) bond motifs is 2. The number of nitrogens with one attached hydrogen (secondary N) is 1. The van der Waals surface area contributed by atoms with Gasteiger partial charge in [-0.3, -0.25) is 4.57 Å². The van der Waals surface area contributed by atoms with Gasteiger partial charge in [-0.2, -0.15) is 5.10 Å². The lowest BCUT2D eigenvalue weighted by molar-refractivity contribution is 0.0535. The van der Waals surface area contributed by atoms with Gasteiger partial charge < -0.3 is 19.6 Å². The maximum absolute atomic E-state index is 11.8. The Hall–Kier alpha value is -3.69. The fourth-order valence-electron chi connectivity index (χ4n) is 4.34. The Balaban J connectivity index is 1.33. The molecule has 0 saturated carbocycles. The molecule has 1 aliphatic rings. The minimum absolute atomic E-state index is 0.247. The number of ether oxygens (including phenoxy) is 1. The number of aliphatic hydroxyl groups excluding tert-OH is 1. The van der Waals surface area contributed by atoms with Crippen molar-refractivity contribution in [1.82, 2.24) is 19.7 Å². The summed E-state index contributed by atoms with van der Waals surface area (Å²) in [5.41, 5.74) is 5.55. The van der Waals surface area contributed by atoms with Crippen molar-refractivity contribution < 1.29 is 19.1 Å². The monoisotopic (exact) mass is 462 g/mol. The number of hydrogen-bond donors (Lipinski definition) is 2. The van der Waals surface area contributed by atoms with Crippen LogP contribution in [0, 0.1) is 6.92 Å². The number of aliphatic hydroxyl groups is 1. The highest BCUT2D eigenvalue weighted by Crippen LogP contribution is 2.30. The van der Waals surface area contributed by atoms with E-state index >= 15 is 0 Å². The number of carbonyl (C=O) groups is 1. The van der Waals surface area contributed by atoms with Crippen LogP contribution in [0.15, 0.2) is 51.9 Å². The Morgan fingerprint density at radius 2 is 2.03 bits per heavy atom. The standard InChI is InChI=1S/C25H26N4O5/c1-14-17(6-7-18-19(14)13-33-23(18)31)21(30)11-26-25(2,3)15-10-27-29(12-15)16-5-8-22-20(9-16)28(4)24(32)34-22/h5-10,12,21,26,30H,11,13H2,1-4H3/t21-/m0/s1. The van der Waals surface area contributed by atoms with Crippen LogP contribution in [-0.4, -0.2) is 32.0 Å². The van der Waals surface area contributed by atoms with E-state index in [0.717, 1.165) is 27.9 Å². The minimum atomic E-state index is -0.750. The zero-order valence-electron chi connectivity index (χ0n) is 19.5. The Kier molecular flexibility index (Phi) is 5.18. The molecule has 2 N–H and O–H groups in total. The Labute approximate surface area is 195 Å². The summed E-state index contributed by atoms with van der Waals surface area (Å²) in [6, 6.07) is 8.96. The normalized spacial score (nSPS) is 14.4. The number of rotatable bonds is 6. The first-order valence-electron chi connectivity index (χ1n) is 11.0. The number of esters is 1. The molecular weight excluding hydrogens is 436 g/mol. The van der Waals surface area contributed by atoms with E-state index in [2.05, 4.69) is 10.4 Å². The van der Waals surface area contributed by atoms with Crippen molar-refractivity contribution in [1.29, 1.82) is 0 Å². The average Bonchev–Trinajstić information content (AvgIpc) is 3.52. The molecule has 9 nitrogen and oxygen atoms in total. The molecule has 34 heavy (non-hydrogen) atoms. The Morgan fingerprint density at radius 3 is 2.82 bits per heavy atom. The van der Waals surface area contributed by atoms with Crippen LogP contribution in [-0.2, 0) is 23.9 Å². The molecule has 0 unspecified atom stereocenters. The predicted octanol–water partition coefficient (Wildman–Crippen LogP) is 2.85. The topological polar surface area (TPSA) is 112 Å². The van der Waals surface area contributed by atoms with Crippen LogP contribution in [0.4, 0.5) is 0 Å². The van der Waals surface area contributed by atoms with Crippen molar-refractivity contribution >= 4 is 17.1 Å². The van der Waals surface area contributed by atoms with Gasteiger partial charge in [-0.1, -0.05) is 6.07 Å². The summed E-state index contributed by atoms with van der Waals surface area (Å²) in [5.74, 6) is -0.723. The summed E-state index contributed by atoms with van der Waals surface area (Å²) in [4.78, 5) is 23.5. The molecule has 0 amide bonds. The molecule has 0 radical (unpaired) electrons. The lowest BCUT2D eigenvalue weighted by Gasteiger charge is -2.27. The number of benzene rings is 2. The lowest BCUT2D eigenvalue weighted by Crippen LogP contribution is -2.39. The van der Waals surface area contributed by atoms with E-state index < -0.39 is 17.4 Å². The summed E-state index contributed by atoms with van der Waals surface area (Å²) >= 11 is 0. The third-order valence-electron chi connectivity index (χ3n) is 6.65. The zero-order valence-corrected chi connectivity index (χ0v) is 19.5. The number of carbonyl (C=O) groups excluding carboxylic acids is 1. The third-order valence-corrected chi connectivity index (χ3v) is 6.65. The quantitative estimate of drug-likeness (QED) is 0.424. The van der Waals surface area contributed by atoms with Crippen molar-refractivity contribution in [2.45, 2.75) is 39.0 Å². The number of hydrogen-bond acceptors (Lipinski definition) is 7. The molecule has 1 atom stereocenters. The van der Waals surface area contributed by atoms with Crippen LogP contribution in [0.5, 0.6) is 0 Å². The van der Waals surface area contributed by atoms with Gasteiger partial charge in [0.15, 0.2) is 5.58 Å². The zero-order chi connectivity index (χ0) is 24.2. The van der Waals surface area contributed by atoms with Gasteiger partial charge in [-0.15, -0.1) is 0 Å². The van der Waals surface area contributed by atoms with Crippen molar-refractivity contribution in [3.8, 4) is 5.69 Å². The smallest absolute Gasteiger partial charge is 0.419 e. The number of cyclic esters (lactones) is 1. The molecule has 176 valence electrons. The fourth-order valence-corrected chi connectivity index (χ4v) is 4.34. The van der Waals surface area contributed by atoms with E-state index in [1.165, 1.54) is 4.57 Å². The number of aryl methyl sites for hydroxylation is 1. The maximum Gasteiger partial charge on any atom is 0.419 e. The maximum atomic E-state index is 11.8. The first-order valence-corrected chi connectivity index (χ1v) is 11.0. The van der Waals surface area contributed by atoms with Gasteiger partial charge >= 0.3 is 11.7 Å². The molecule has 3 heterocycles. The molecule has 5 rings (SSSR count). The van der Waals surface area contributed by atoms with Gasteiger partial charge in [0.05, 0.1) is 29.1 Å². The van der Waals surface area contributed by atoms with Crippen molar-refractivity contribution in [2.24, 2.45) is 7.05 Å². The van der Waals surface area contributed by atoms with Gasteiger partial charge in [0.25, 0.3) is 0 Å². The summed E-state index contributed by atoms with van der Waals surface area (Å²) in [6.07, 6.45) is 2.95. The second-order valence-corrected chi connectivity index (χ2v) is 9.16. The van der Waals surface area contributed by atoms with Crippen LogP contribution in [0.25, 0.3) is 16.8 Å². The van der Waals surface area contributed by atoms with Crippen molar-refractivity contribution in [3.05, 3.63) is 81.1 Å². The average molecular weight is 463 g/mol. The molecular formula is C25H26N4O5. The molecule has 9 heteroatoms. The highest BCUT2D eigenvalue weighted by Gasteiger charge is 2.27. The molecule has 0 spiro atoms. The Bertz CT molecular complexity index is 1480. The second kappa shape index (κ2) is 7.96. The summed E-state index contributed by atoms with van der Waals surface area (Å²) in [7, 11) is 1.67. The molecule has 2 aromatic carbocycles. The summed E-state index contributed by atoms with van der Waals surface area (Å²) in [5, 5.41) is 18.8. The molecule has 2 aromatic heterocycles. The molecule has 4 aromatic rings. The van der Waals surface area contributed by atoms with Gasteiger partial charge in [-0.05, 0) is 56.2 Å². The van der Waals surface area contributed by atoms with Crippen molar-refractivity contribution in [2.75, 3.05) is 6.54 Å². The van der Waals surface area contributed by atoms with Gasteiger partial charge in [0, 0.05) is 36.5 Å². The number of nitrogens with zero attached hydrogens (tertiary/aromatic N) is 3. The minimum Gasteiger partial charge on any atom is -0.457 e. The largest absolute Gasteiger partial charge is 0.457 e. The van der Waals surface area contributed by atoms with Gasteiger partial charge in [-0.25, -0.2) is 14.3 Å². The molecule has 1 aliphatic heterocycles. The first-order chi connectivity index (χ1) is 16.2. The predicted molar refractivity (Wildman–Crippen MR) is 125 cm³/mol. The van der Waals surface area contributed by atoms with E-state index in [9.17, 15) is 14.7 Å². The number of oxazole rings is 1. The summed E-state index contributed by atoms with van der Waals surface area (Å²) < 4.78 is 13.5. The highest BCUT2D eigenvalue weighted by atomic mass is 16.5.